The maximum Gasteiger partial charge on any atom is 0.247 e. The Bertz CT molecular complexity index is 559. The first-order valence-corrected chi connectivity index (χ1v) is 7.87. The normalized spacial score (nSPS) is 20.6. The van der Waals surface area contributed by atoms with Crippen LogP contribution in [-0.2, 0) is 19.7 Å². The number of amides is 1. The van der Waals surface area contributed by atoms with Crippen LogP contribution in [0, 0.1) is 5.92 Å². The van der Waals surface area contributed by atoms with Crippen LogP contribution in [0.3, 0.4) is 0 Å². The molecule has 1 amide bonds. The zero-order valence-electron chi connectivity index (χ0n) is 11.3. The Balaban J connectivity index is 2.15. The molecule has 1 heterocycles. The van der Waals surface area contributed by atoms with Crippen molar-refractivity contribution < 1.29 is 18.0 Å². The molecule has 20 heavy (non-hydrogen) atoms. The van der Waals surface area contributed by atoms with Crippen molar-refractivity contribution in [2.24, 2.45) is 5.92 Å². The second-order valence-electron chi connectivity index (χ2n) is 4.69. The van der Waals surface area contributed by atoms with Gasteiger partial charge in [-0.05, 0) is 25.0 Å². The Labute approximate surface area is 118 Å². The molecule has 0 radical (unpaired) electrons. The van der Waals surface area contributed by atoms with E-state index in [1.54, 1.807) is 30.3 Å². The summed E-state index contributed by atoms with van der Waals surface area (Å²) in [5.41, 5.74) is 2.27. The van der Waals surface area contributed by atoms with Gasteiger partial charge in [-0.3, -0.25) is 9.63 Å². The first kappa shape index (κ1) is 15.0. The summed E-state index contributed by atoms with van der Waals surface area (Å²) < 4.78 is 26.3. The lowest BCUT2D eigenvalue weighted by Gasteiger charge is -2.30. The summed E-state index contributed by atoms with van der Waals surface area (Å²) in [7, 11) is -2.17. The number of sulfonamides is 1. The molecule has 6 nitrogen and oxygen atoms in total. The minimum absolute atomic E-state index is 0.187. The first-order chi connectivity index (χ1) is 9.55. The fourth-order valence-electron chi connectivity index (χ4n) is 2.30. The second kappa shape index (κ2) is 6.34. The molecule has 0 aliphatic carbocycles. The van der Waals surface area contributed by atoms with Crippen molar-refractivity contribution in [3.63, 3.8) is 0 Å². The highest BCUT2D eigenvalue weighted by Gasteiger charge is 2.33. The van der Waals surface area contributed by atoms with E-state index in [0.717, 1.165) is 0 Å². The zero-order chi connectivity index (χ0) is 14.6. The number of hydrogen-bond donors (Lipinski definition) is 1. The average molecular weight is 298 g/mol. The topological polar surface area (TPSA) is 75.7 Å². The zero-order valence-corrected chi connectivity index (χ0v) is 12.1. The number of nitrogens with zero attached hydrogens (tertiary/aromatic N) is 1. The third-order valence-corrected chi connectivity index (χ3v) is 5.22. The van der Waals surface area contributed by atoms with Gasteiger partial charge in [-0.2, -0.15) is 4.31 Å². The van der Waals surface area contributed by atoms with Gasteiger partial charge < -0.3 is 0 Å². The maximum absolute atomic E-state index is 12.5. The Kier molecular flexibility index (Phi) is 4.74. The summed E-state index contributed by atoms with van der Waals surface area (Å²) in [4.78, 5) is 16.6. The van der Waals surface area contributed by atoms with Gasteiger partial charge in [0.1, 0.15) is 0 Å². The van der Waals surface area contributed by atoms with Gasteiger partial charge in [-0.15, -0.1) is 0 Å². The van der Waals surface area contributed by atoms with E-state index in [4.69, 9.17) is 0 Å². The monoisotopic (exact) mass is 298 g/mol. The largest absolute Gasteiger partial charge is 0.277 e. The van der Waals surface area contributed by atoms with Gasteiger partial charge >= 0.3 is 0 Å². The average Bonchev–Trinajstić information content (AvgIpc) is 2.48. The van der Waals surface area contributed by atoms with Crippen LogP contribution in [0.1, 0.15) is 12.8 Å². The molecule has 0 bridgehead atoms. The van der Waals surface area contributed by atoms with Gasteiger partial charge in [-0.25, -0.2) is 13.9 Å². The number of nitrogens with one attached hydrogen (secondary N) is 1. The summed E-state index contributed by atoms with van der Waals surface area (Å²) in [6.45, 7) is 0.625. The molecule has 1 fully saturated rings. The third kappa shape index (κ3) is 3.17. The van der Waals surface area contributed by atoms with Gasteiger partial charge in [0.05, 0.1) is 17.9 Å². The molecule has 0 unspecified atom stereocenters. The molecule has 1 N–H and O–H groups in total. The lowest BCUT2D eigenvalue weighted by atomic mass is 9.99. The standard InChI is InChI=1S/C13H18N2O4S/c1-19-14-13(16)11-6-5-9-15(10-11)20(17,18)12-7-3-2-4-8-12/h2-4,7-8,11H,5-6,9-10H2,1H3,(H,14,16)/t11-/m1/s1. The van der Waals surface area contributed by atoms with Crippen molar-refractivity contribution in [3.05, 3.63) is 30.3 Å². The lowest BCUT2D eigenvalue weighted by molar-refractivity contribution is -0.136. The highest BCUT2D eigenvalue weighted by atomic mass is 32.2. The highest BCUT2D eigenvalue weighted by molar-refractivity contribution is 7.89. The van der Waals surface area contributed by atoms with Crippen molar-refractivity contribution in [1.82, 2.24) is 9.79 Å². The molecular weight excluding hydrogens is 280 g/mol. The molecule has 0 saturated carbocycles. The smallest absolute Gasteiger partial charge is 0.247 e. The molecule has 1 aliphatic rings. The summed E-state index contributed by atoms with van der Waals surface area (Å²) in [6.07, 6.45) is 1.32. The van der Waals surface area contributed by atoms with E-state index in [1.165, 1.54) is 11.4 Å². The van der Waals surface area contributed by atoms with E-state index in [9.17, 15) is 13.2 Å². The van der Waals surface area contributed by atoms with E-state index >= 15 is 0 Å². The Hall–Kier alpha value is -1.44. The minimum atomic E-state index is -3.53. The molecule has 7 heteroatoms. The molecule has 1 aliphatic heterocycles. The molecule has 110 valence electrons. The van der Waals surface area contributed by atoms with Crippen LogP contribution in [-0.4, -0.2) is 38.8 Å². The summed E-state index contributed by atoms with van der Waals surface area (Å²) in [5, 5.41) is 0. The van der Waals surface area contributed by atoms with Crippen LogP contribution in [0.4, 0.5) is 0 Å². The van der Waals surface area contributed by atoms with Crippen LogP contribution in [0.15, 0.2) is 35.2 Å². The number of hydroxylamine groups is 1. The molecule has 0 spiro atoms. The first-order valence-electron chi connectivity index (χ1n) is 6.43. The number of piperidine rings is 1. The van der Waals surface area contributed by atoms with Crippen LogP contribution in [0.25, 0.3) is 0 Å². The molecule has 1 saturated heterocycles. The fourth-order valence-corrected chi connectivity index (χ4v) is 3.85. The van der Waals surface area contributed by atoms with Crippen LogP contribution in [0.5, 0.6) is 0 Å². The van der Waals surface area contributed by atoms with E-state index < -0.39 is 10.0 Å². The quantitative estimate of drug-likeness (QED) is 0.833. The number of carbonyl (C=O) groups is 1. The predicted molar refractivity (Wildman–Crippen MR) is 73.1 cm³/mol. The number of hydrogen-bond acceptors (Lipinski definition) is 4. The highest BCUT2D eigenvalue weighted by Crippen LogP contribution is 2.23. The van der Waals surface area contributed by atoms with Crippen molar-refractivity contribution in [3.8, 4) is 0 Å². The molecule has 1 aromatic carbocycles. The minimum Gasteiger partial charge on any atom is -0.277 e. The number of benzene rings is 1. The Morgan fingerprint density at radius 1 is 1.35 bits per heavy atom. The lowest BCUT2D eigenvalue weighted by Crippen LogP contribution is -2.45. The van der Waals surface area contributed by atoms with Crippen LogP contribution >= 0.6 is 0 Å². The van der Waals surface area contributed by atoms with Crippen LogP contribution < -0.4 is 5.48 Å². The van der Waals surface area contributed by atoms with Crippen molar-refractivity contribution >= 4 is 15.9 Å². The van der Waals surface area contributed by atoms with Gasteiger partial charge in [0, 0.05) is 13.1 Å². The van der Waals surface area contributed by atoms with Crippen molar-refractivity contribution in [2.75, 3.05) is 20.2 Å². The Morgan fingerprint density at radius 2 is 2.05 bits per heavy atom. The molecule has 1 aromatic rings. The third-order valence-electron chi connectivity index (χ3n) is 3.34. The predicted octanol–water partition coefficient (Wildman–Crippen LogP) is 0.765. The van der Waals surface area contributed by atoms with E-state index in [0.29, 0.717) is 19.4 Å². The molecular formula is C13H18N2O4S. The summed E-state index contributed by atoms with van der Waals surface area (Å²) >= 11 is 0. The summed E-state index contributed by atoms with van der Waals surface area (Å²) in [6, 6.07) is 8.27. The van der Waals surface area contributed by atoms with Crippen molar-refractivity contribution in [1.29, 1.82) is 0 Å². The number of carbonyl (C=O) groups excluding carboxylic acids is 1. The maximum atomic E-state index is 12.5. The summed E-state index contributed by atoms with van der Waals surface area (Å²) in [5.74, 6) is -0.650. The number of rotatable bonds is 4. The molecule has 1 atom stereocenters. The van der Waals surface area contributed by atoms with Gasteiger partial charge in [-0.1, -0.05) is 18.2 Å². The molecule has 2 rings (SSSR count). The van der Waals surface area contributed by atoms with E-state index in [2.05, 4.69) is 10.3 Å². The van der Waals surface area contributed by atoms with Gasteiger partial charge in [0.25, 0.3) is 0 Å². The molecule has 0 aromatic heterocycles. The van der Waals surface area contributed by atoms with Crippen molar-refractivity contribution in [2.45, 2.75) is 17.7 Å². The van der Waals surface area contributed by atoms with E-state index in [1.807, 2.05) is 0 Å². The fraction of sp³-hybridized carbons (Fsp3) is 0.462. The SMILES string of the molecule is CONC(=O)[C@@H]1CCCN(S(=O)(=O)c2ccccc2)C1. The van der Waals surface area contributed by atoms with Gasteiger partial charge in [0.15, 0.2) is 0 Å². The van der Waals surface area contributed by atoms with E-state index in [-0.39, 0.29) is 23.3 Å². The second-order valence-corrected chi connectivity index (χ2v) is 6.62. The Morgan fingerprint density at radius 3 is 2.70 bits per heavy atom. The van der Waals surface area contributed by atoms with Gasteiger partial charge in [0.2, 0.25) is 15.9 Å². The van der Waals surface area contributed by atoms with Crippen LogP contribution in [0.2, 0.25) is 0 Å².